The van der Waals surface area contributed by atoms with Crippen LogP contribution in [0.4, 0.5) is 5.82 Å². The van der Waals surface area contributed by atoms with Crippen molar-refractivity contribution in [3.8, 4) is 0 Å². The summed E-state index contributed by atoms with van der Waals surface area (Å²) in [7, 11) is 1.39. The highest BCUT2D eigenvalue weighted by Gasteiger charge is 2.33. The molecular formula is C23H30N2O3. The number of esters is 1. The van der Waals surface area contributed by atoms with Crippen molar-refractivity contribution < 1.29 is 14.3 Å². The van der Waals surface area contributed by atoms with Crippen molar-refractivity contribution in [2.45, 2.75) is 52.4 Å². The lowest BCUT2D eigenvalue weighted by molar-refractivity contribution is -0.162. The van der Waals surface area contributed by atoms with Crippen LogP contribution in [0.1, 0.15) is 40.0 Å². The predicted molar refractivity (Wildman–Crippen MR) is 114 cm³/mol. The fourth-order valence-corrected chi connectivity index (χ4v) is 3.33. The van der Waals surface area contributed by atoms with E-state index in [1.165, 1.54) is 7.11 Å². The van der Waals surface area contributed by atoms with Crippen LogP contribution in [0.15, 0.2) is 48.7 Å². The van der Waals surface area contributed by atoms with Gasteiger partial charge in [-0.05, 0) is 69.5 Å². The molecule has 0 aliphatic carbocycles. The molecule has 1 aliphatic rings. The molecule has 1 aromatic rings. The molecule has 0 unspecified atom stereocenters. The van der Waals surface area contributed by atoms with Gasteiger partial charge in [0, 0.05) is 5.70 Å². The van der Waals surface area contributed by atoms with E-state index >= 15 is 0 Å². The Morgan fingerprint density at radius 2 is 2.11 bits per heavy atom. The molecule has 0 N–H and O–H groups in total. The van der Waals surface area contributed by atoms with E-state index in [1.807, 2.05) is 63.3 Å². The van der Waals surface area contributed by atoms with Crippen LogP contribution in [0.3, 0.4) is 0 Å². The second kappa shape index (κ2) is 10.6. The van der Waals surface area contributed by atoms with E-state index in [9.17, 15) is 4.79 Å². The van der Waals surface area contributed by atoms with Crippen molar-refractivity contribution in [3.63, 3.8) is 0 Å². The third-order valence-electron chi connectivity index (χ3n) is 4.68. The van der Waals surface area contributed by atoms with Crippen LogP contribution in [0.5, 0.6) is 0 Å². The molecule has 1 aliphatic heterocycles. The summed E-state index contributed by atoms with van der Waals surface area (Å²) >= 11 is 0. The Morgan fingerprint density at radius 3 is 2.71 bits per heavy atom. The Balaban J connectivity index is 2.55. The summed E-state index contributed by atoms with van der Waals surface area (Å²) in [5, 5.41) is 1.88. The van der Waals surface area contributed by atoms with Gasteiger partial charge >= 0.3 is 5.97 Å². The van der Waals surface area contributed by atoms with Crippen molar-refractivity contribution in [3.05, 3.63) is 59.3 Å². The topological polar surface area (TPSA) is 51.7 Å². The Bertz CT molecular complexity index is 870. The lowest BCUT2D eigenvalue weighted by Gasteiger charge is -2.38. The molecule has 2 atom stereocenters. The van der Waals surface area contributed by atoms with Gasteiger partial charge in [-0.3, -0.25) is 0 Å². The van der Waals surface area contributed by atoms with Crippen LogP contribution < -0.4 is 15.5 Å². The second-order valence-corrected chi connectivity index (χ2v) is 6.45. The van der Waals surface area contributed by atoms with E-state index in [1.54, 1.807) is 6.08 Å². The van der Waals surface area contributed by atoms with Gasteiger partial charge in [-0.1, -0.05) is 30.9 Å². The Labute approximate surface area is 167 Å². The lowest BCUT2D eigenvalue weighted by atomic mass is 10.1. The van der Waals surface area contributed by atoms with Crippen molar-refractivity contribution in [1.82, 2.24) is 4.98 Å². The Hall–Kier alpha value is -2.66. The highest BCUT2D eigenvalue weighted by atomic mass is 16.6. The first-order valence-corrected chi connectivity index (χ1v) is 9.67. The van der Waals surface area contributed by atoms with Gasteiger partial charge in [-0.25, -0.2) is 9.78 Å². The number of nitrogens with zero attached hydrogens (tertiary/aromatic N) is 2. The van der Waals surface area contributed by atoms with Gasteiger partial charge in [0.2, 0.25) is 0 Å². The van der Waals surface area contributed by atoms with E-state index in [0.29, 0.717) is 6.42 Å². The maximum absolute atomic E-state index is 12.0. The molecule has 1 aromatic heterocycles. The minimum atomic E-state index is -0.558. The van der Waals surface area contributed by atoms with E-state index < -0.39 is 6.10 Å². The average molecular weight is 383 g/mol. The lowest BCUT2D eigenvalue weighted by Crippen LogP contribution is -2.45. The van der Waals surface area contributed by atoms with Crippen LogP contribution in [0, 0.1) is 0 Å². The fraction of sp³-hybridized carbons (Fsp3) is 0.391. The van der Waals surface area contributed by atoms with Crippen molar-refractivity contribution in [2.75, 3.05) is 12.0 Å². The van der Waals surface area contributed by atoms with Crippen LogP contribution in [0.2, 0.25) is 0 Å². The molecular weight excluding hydrogens is 352 g/mol. The first-order valence-electron chi connectivity index (χ1n) is 9.67. The van der Waals surface area contributed by atoms with Gasteiger partial charge in [0.25, 0.3) is 0 Å². The van der Waals surface area contributed by atoms with E-state index in [2.05, 4.69) is 11.5 Å². The molecule has 28 heavy (non-hydrogen) atoms. The molecule has 1 saturated heterocycles. The largest absolute Gasteiger partial charge is 0.467 e. The minimum Gasteiger partial charge on any atom is -0.467 e. The number of pyridine rings is 1. The van der Waals surface area contributed by atoms with Gasteiger partial charge in [-0.2, -0.15) is 0 Å². The van der Waals surface area contributed by atoms with E-state index in [4.69, 9.17) is 14.5 Å². The Morgan fingerprint density at radius 1 is 1.32 bits per heavy atom. The zero-order valence-electron chi connectivity index (χ0n) is 17.2. The molecule has 0 amide bonds. The number of hydrogen-bond donors (Lipinski definition) is 0. The monoisotopic (exact) mass is 382 g/mol. The number of ether oxygens (including phenoxy) is 2. The van der Waals surface area contributed by atoms with Crippen molar-refractivity contribution in [1.29, 1.82) is 0 Å². The first-order chi connectivity index (χ1) is 13.6. The zero-order chi connectivity index (χ0) is 20.5. The summed E-state index contributed by atoms with van der Waals surface area (Å²) in [6, 6.07) is 4.02. The molecule has 0 bridgehead atoms. The number of allylic oxidation sites excluding steroid dienone is 4. The second-order valence-electron chi connectivity index (χ2n) is 6.45. The molecule has 150 valence electrons. The molecule has 1 fully saturated rings. The molecule has 5 nitrogen and oxygen atoms in total. The van der Waals surface area contributed by atoms with Crippen LogP contribution in [-0.4, -0.2) is 30.4 Å². The van der Waals surface area contributed by atoms with E-state index in [-0.39, 0.29) is 12.2 Å². The summed E-state index contributed by atoms with van der Waals surface area (Å²) in [5.41, 5.74) is 0.961. The third-order valence-corrected chi connectivity index (χ3v) is 4.68. The summed E-state index contributed by atoms with van der Waals surface area (Å²) in [5.74, 6) is 0.433. The van der Waals surface area contributed by atoms with Gasteiger partial charge in [0.15, 0.2) is 6.10 Å². The van der Waals surface area contributed by atoms with Crippen molar-refractivity contribution >= 4 is 23.9 Å². The molecule has 0 aromatic carbocycles. The van der Waals surface area contributed by atoms with Crippen LogP contribution in [-0.2, 0) is 14.3 Å². The third kappa shape index (κ3) is 4.98. The molecule has 5 heteroatoms. The number of carbonyl (C=O) groups is 1. The normalized spacial score (nSPS) is 21.8. The SMILES string of the molecule is C=C/C=c1/nc(N(C(/C=C\C)=C/C)[C@H]2CCC[C@@H](C(=O)OC)O2)cc/c1=C/C. The smallest absolute Gasteiger partial charge is 0.335 e. The number of rotatable bonds is 6. The number of hydrogen-bond acceptors (Lipinski definition) is 5. The number of aromatic nitrogens is 1. The van der Waals surface area contributed by atoms with Gasteiger partial charge in [0.1, 0.15) is 12.0 Å². The fourth-order valence-electron chi connectivity index (χ4n) is 3.33. The average Bonchev–Trinajstić information content (AvgIpc) is 2.73. The van der Waals surface area contributed by atoms with Gasteiger partial charge in [0.05, 0.1) is 12.5 Å². The summed E-state index contributed by atoms with van der Waals surface area (Å²) in [6.45, 7) is 9.73. The van der Waals surface area contributed by atoms with Crippen LogP contribution >= 0.6 is 0 Å². The highest BCUT2D eigenvalue weighted by molar-refractivity contribution is 5.74. The predicted octanol–water partition coefficient (Wildman–Crippen LogP) is 3.20. The summed E-state index contributed by atoms with van der Waals surface area (Å²) in [4.78, 5) is 18.9. The zero-order valence-corrected chi connectivity index (χ0v) is 17.2. The van der Waals surface area contributed by atoms with Gasteiger partial charge < -0.3 is 14.4 Å². The van der Waals surface area contributed by atoms with Crippen molar-refractivity contribution in [2.24, 2.45) is 0 Å². The number of carbonyl (C=O) groups excluding carboxylic acids is 1. The maximum Gasteiger partial charge on any atom is 0.335 e. The number of anilines is 1. The molecule has 0 spiro atoms. The summed E-state index contributed by atoms with van der Waals surface area (Å²) in [6.07, 6.45) is 13.1. The minimum absolute atomic E-state index is 0.305. The maximum atomic E-state index is 12.0. The number of methoxy groups -OCH3 is 1. The van der Waals surface area contributed by atoms with Crippen LogP contribution in [0.25, 0.3) is 12.2 Å². The molecule has 0 radical (unpaired) electrons. The molecule has 2 heterocycles. The molecule has 0 saturated carbocycles. The summed E-state index contributed by atoms with van der Waals surface area (Å²) < 4.78 is 11.0. The highest BCUT2D eigenvalue weighted by Crippen LogP contribution is 2.29. The first kappa shape index (κ1) is 21.6. The van der Waals surface area contributed by atoms with Gasteiger partial charge in [-0.15, -0.1) is 0 Å². The quantitative estimate of drug-likeness (QED) is 0.559. The molecule has 2 rings (SSSR count). The van der Waals surface area contributed by atoms with E-state index in [0.717, 1.165) is 34.9 Å². The standard InChI is InChI=1S/C23H30N2O3/c1-6-11-18(9-4)25(22-14-10-13-20(28-22)23(26)27-5)21-16-15-17(8-3)19(24-21)12-7-2/h6-9,11-12,15-16,20,22H,2,10,13-14H2,1,3-5H3/b11-6-,17-8-,18-9+,19-12+/t20-,22+/m0/s1. The Kier molecular flexibility index (Phi) is 8.20.